The van der Waals surface area contributed by atoms with E-state index in [0.29, 0.717) is 46.5 Å². The van der Waals surface area contributed by atoms with Crippen LogP contribution in [0.5, 0.6) is 11.5 Å². The number of sulfonamides is 2. The van der Waals surface area contributed by atoms with Crippen LogP contribution in [0.3, 0.4) is 0 Å². The highest BCUT2D eigenvalue weighted by Crippen LogP contribution is 2.37. The molecule has 2 aliphatic heterocycles. The Balaban J connectivity index is 0.000000158. The standard InChI is InChI=1S/2C21H27N5O4S/c1-29-18-7-15(12-26-17-11-22-9-16(17)10-23-26)8-19-20(18)21(24-30-19)25-31(27,28)13-14-5-3-2-4-6-14;1-29-18-7-15(11-26-12-16-9-22-10-17(16)23-26)8-19-20(18)21(24-30-19)25-31(27,28)13-14-5-3-2-4-6-14/h7-8,10,14,22H,2-6,9,11-13H2,1H3,(H,24,25);7-8,12,14,22H,2-6,9-11,13H2,1H3,(H,24,25). The summed E-state index contributed by atoms with van der Waals surface area (Å²) in [6, 6.07) is 7.48. The third kappa shape index (κ3) is 9.42. The van der Waals surface area contributed by atoms with Gasteiger partial charge in [0.1, 0.15) is 22.3 Å². The number of methoxy groups -OCH3 is 2. The molecule has 332 valence electrons. The van der Waals surface area contributed by atoms with Crippen LogP contribution in [0.25, 0.3) is 21.9 Å². The van der Waals surface area contributed by atoms with Crippen LogP contribution in [0.1, 0.15) is 97.8 Å². The maximum Gasteiger partial charge on any atom is 0.234 e. The van der Waals surface area contributed by atoms with Crippen molar-refractivity contribution in [3.05, 3.63) is 70.3 Å². The lowest BCUT2D eigenvalue weighted by Crippen LogP contribution is -2.24. The molecule has 4 aliphatic rings. The lowest BCUT2D eigenvalue weighted by Gasteiger charge is -2.21. The number of hydrogen-bond donors (Lipinski definition) is 4. The van der Waals surface area contributed by atoms with E-state index in [1.54, 1.807) is 14.2 Å². The quantitative estimate of drug-likeness (QED) is 0.0984. The second-order valence-corrected chi connectivity index (χ2v) is 20.5. The molecule has 4 N–H and O–H groups in total. The Hall–Kier alpha value is -5.18. The van der Waals surface area contributed by atoms with Crippen molar-refractivity contribution in [2.75, 3.05) is 35.2 Å². The van der Waals surface area contributed by atoms with E-state index in [1.165, 1.54) is 29.7 Å². The third-order valence-electron chi connectivity index (χ3n) is 12.4. The number of aromatic nitrogens is 6. The van der Waals surface area contributed by atoms with Gasteiger partial charge in [0.2, 0.25) is 20.0 Å². The van der Waals surface area contributed by atoms with Gasteiger partial charge in [0, 0.05) is 43.5 Å². The Morgan fingerprint density at radius 1 is 0.694 bits per heavy atom. The summed E-state index contributed by atoms with van der Waals surface area (Å²) in [5, 5.41) is 24.7. The van der Waals surface area contributed by atoms with Crippen LogP contribution < -0.4 is 29.6 Å². The van der Waals surface area contributed by atoms with Crippen LogP contribution in [0.2, 0.25) is 0 Å². The van der Waals surface area contributed by atoms with Gasteiger partial charge in [-0.15, -0.1) is 0 Å². The summed E-state index contributed by atoms with van der Waals surface area (Å²) in [7, 11) is -3.94. The molecule has 0 amide bonds. The number of benzene rings is 2. The molecule has 62 heavy (non-hydrogen) atoms. The van der Waals surface area contributed by atoms with Gasteiger partial charge in [-0.1, -0.05) is 48.8 Å². The van der Waals surface area contributed by atoms with Crippen LogP contribution >= 0.6 is 0 Å². The number of ether oxygens (including phenoxy) is 2. The fourth-order valence-electron chi connectivity index (χ4n) is 9.34. The Labute approximate surface area is 360 Å². The van der Waals surface area contributed by atoms with Crippen LogP contribution in [-0.2, 0) is 59.3 Å². The fourth-order valence-corrected chi connectivity index (χ4v) is 12.3. The molecule has 0 saturated heterocycles. The second-order valence-electron chi connectivity index (χ2n) is 17.0. The minimum Gasteiger partial charge on any atom is -0.496 e. The zero-order valence-corrected chi connectivity index (χ0v) is 36.7. The van der Waals surface area contributed by atoms with Gasteiger partial charge in [0.25, 0.3) is 0 Å². The van der Waals surface area contributed by atoms with Crippen molar-refractivity contribution in [3.63, 3.8) is 0 Å². The second kappa shape index (κ2) is 17.9. The van der Waals surface area contributed by atoms with Gasteiger partial charge in [-0.05, 0) is 72.9 Å². The summed E-state index contributed by atoms with van der Waals surface area (Å²) in [6.07, 6.45) is 14.5. The monoisotopic (exact) mass is 890 g/mol. The lowest BCUT2D eigenvalue weighted by molar-refractivity contribution is 0.385. The van der Waals surface area contributed by atoms with Crippen molar-refractivity contribution in [3.8, 4) is 11.5 Å². The summed E-state index contributed by atoms with van der Waals surface area (Å²) in [5.74, 6) is 2.01. The van der Waals surface area contributed by atoms with Crippen LogP contribution in [-0.4, -0.2) is 72.4 Å². The number of rotatable bonds is 14. The zero-order valence-electron chi connectivity index (χ0n) is 35.1. The van der Waals surface area contributed by atoms with E-state index in [2.05, 4.69) is 40.6 Å². The van der Waals surface area contributed by atoms with E-state index in [4.69, 9.17) is 18.5 Å². The Morgan fingerprint density at radius 2 is 1.23 bits per heavy atom. The largest absolute Gasteiger partial charge is 0.496 e. The average Bonchev–Trinajstić information content (AvgIpc) is 4.12. The highest BCUT2D eigenvalue weighted by Gasteiger charge is 2.27. The number of hydrogen-bond acceptors (Lipinski definition) is 14. The first-order valence-corrected chi connectivity index (χ1v) is 24.8. The van der Waals surface area contributed by atoms with Gasteiger partial charge in [-0.3, -0.25) is 18.8 Å². The molecule has 18 nitrogen and oxygen atoms in total. The predicted molar refractivity (Wildman–Crippen MR) is 233 cm³/mol. The molecule has 0 atom stereocenters. The fraction of sp³-hybridized carbons (Fsp3) is 0.524. The van der Waals surface area contributed by atoms with E-state index in [0.717, 1.165) is 94.4 Å². The van der Waals surface area contributed by atoms with Crippen molar-refractivity contribution < 1.29 is 35.4 Å². The van der Waals surface area contributed by atoms with E-state index in [1.807, 2.05) is 46.0 Å². The molecular formula is C42H54N10O8S2. The smallest absolute Gasteiger partial charge is 0.234 e. The molecule has 6 heterocycles. The average molecular weight is 891 g/mol. The molecule has 4 aromatic heterocycles. The van der Waals surface area contributed by atoms with E-state index < -0.39 is 20.0 Å². The summed E-state index contributed by atoms with van der Waals surface area (Å²) >= 11 is 0. The van der Waals surface area contributed by atoms with Gasteiger partial charge in [-0.2, -0.15) is 10.2 Å². The molecule has 0 bridgehead atoms. The third-order valence-corrected chi connectivity index (χ3v) is 15.2. The molecule has 2 aliphatic carbocycles. The molecule has 20 heteroatoms. The van der Waals surface area contributed by atoms with Crippen molar-refractivity contribution in [2.45, 2.75) is 103 Å². The van der Waals surface area contributed by atoms with Gasteiger partial charge in [0.15, 0.2) is 22.8 Å². The number of nitrogens with one attached hydrogen (secondary N) is 4. The summed E-state index contributed by atoms with van der Waals surface area (Å²) in [4.78, 5) is 0. The van der Waals surface area contributed by atoms with Gasteiger partial charge in [0.05, 0.1) is 56.4 Å². The molecular weight excluding hydrogens is 837 g/mol. The number of anilines is 2. The van der Waals surface area contributed by atoms with Crippen LogP contribution in [0.15, 0.2) is 45.7 Å². The zero-order chi connectivity index (χ0) is 42.8. The Kier molecular flexibility index (Phi) is 12.2. The first-order valence-electron chi connectivity index (χ1n) is 21.5. The van der Waals surface area contributed by atoms with Crippen molar-refractivity contribution >= 4 is 53.6 Å². The van der Waals surface area contributed by atoms with E-state index in [-0.39, 0.29) is 35.0 Å². The SMILES string of the molecule is COc1cc(Cn2cc3c(n2)CNC3)cc2onc(NS(=O)(=O)CC3CCCCC3)c12.COc1cc(Cn2ncc3c2CNC3)cc2onc(NS(=O)(=O)CC3CCCCC3)c12. The van der Waals surface area contributed by atoms with Gasteiger partial charge in [-0.25, -0.2) is 16.8 Å². The molecule has 10 rings (SSSR count). The van der Waals surface area contributed by atoms with Crippen molar-refractivity contribution in [1.29, 1.82) is 0 Å². The first-order chi connectivity index (χ1) is 30.0. The number of fused-ring (bicyclic) bond motifs is 4. The summed E-state index contributed by atoms with van der Waals surface area (Å²) in [5.41, 5.74) is 7.50. The normalized spacial score (nSPS) is 17.2. The molecule has 0 unspecified atom stereocenters. The molecule has 2 saturated carbocycles. The maximum absolute atomic E-state index is 12.7. The number of nitrogens with zero attached hydrogens (tertiary/aromatic N) is 6. The summed E-state index contributed by atoms with van der Waals surface area (Å²) < 4.78 is 82.1. The molecule has 0 spiro atoms. The minimum atomic E-state index is -3.53. The molecule has 0 radical (unpaired) electrons. The van der Waals surface area contributed by atoms with E-state index >= 15 is 0 Å². The van der Waals surface area contributed by atoms with Gasteiger partial charge >= 0.3 is 0 Å². The first kappa shape index (κ1) is 42.1. The maximum atomic E-state index is 12.7. The van der Waals surface area contributed by atoms with Crippen molar-refractivity contribution in [1.82, 2.24) is 40.5 Å². The van der Waals surface area contributed by atoms with Crippen molar-refractivity contribution in [2.24, 2.45) is 11.8 Å². The van der Waals surface area contributed by atoms with Crippen LogP contribution in [0, 0.1) is 11.8 Å². The highest BCUT2D eigenvalue weighted by atomic mass is 32.2. The Morgan fingerprint density at radius 3 is 1.77 bits per heavy atom. The Bertz CT molecular complexity index is 2740. The topological polar surface area (TPSA) is 223 Å². The lowest BCUT2D eigenvalue weighted by atomic mass is 9.91. The van der Waals surface area contributed by atoms with E-state index in [9.17, 15) is 16.8 Å². The van der Waals surface area contributed by atoms with Gasteiger partial charge < -0.3 is 29.2 Å². The minimum absolute atomic E-state index is 0.111. The molecule has 2 aromatic carbocycles. The molecule has 2 fully saturated rings. The highest BCUT2D eigenvalue weighted by molar-refractivity contribution is 7.93. The summed E-state index contributed by atoms with van der Waals surface area (Å²) in [6.45, 7) is 4.38. The molecule has 6 aromatic rings. The predicted octanol–water partition coefficient (Wildman–Crippen LogP) is 6.01. The van der Waals surface area contributed by atoms with Crippen LogP contribution in [0.4, 0.5) is 11.6 Å².